The van der Waals surface area contributed by atoms with Crippen LogP contribution in [0.2, 0.25) is 0 Å². The zero-order valence-electron chi connectivity index (χ0n) is 23.5. The van der Waals surface area contributed by atoms with Crippen molar-refractivity contribution >= 4 is 50.6 Å². The lowest BCUT2D eigenvalue weighted by Crippen LogP contribution is -2.29. The number of carbonyl (C=O) groups is 3. The minimum Gasteiger partial charge on any atom is -0.482 e. The number of nitrogens with zero attached hydrogens (tertiary/aromatic N) is 2. The number of ether oxygens (including phenoxy) is 2. The van der Waals surface area contributed by atoms with Crippen LogP contribution in [0.3, 0.4) is 0 Å². The Kier molecular flexibility index (Phi) is 10.0. The fraction of sp³-hybridized carbons (Fsp3) is 0.300. The van der Waals surface area contributed by atoms with Gasteiger partial charge in [-0.3, -0.25) is 13.9 Å². The largest absolute Gasteiger partial charge is 0.482 e. The van der Waals surface area contributed by atoms with Crippen molar-refractivity contribution < 1.29 is 32.3 Å². The summed E-state index contributed by atoms with van der Waals surface area (Å²) in [6, 6.07) is 19.5. The molecule has 12 heteroatoms. The van der Waals surface area contributed by atoms with Gasteiger partial charge in [-0.2, -0.15) is 0 Å². The molecule has 0 spiro atoms. The van der Waals surface area contributed by atoms with E-state index in [2.05, 4.69) is 15.5 Å². The van der Waals surface area contributed by atoms with Gasteiger partial charge in [-0.05, 0) is 92.1 Å². The minimum absolute atomic E-state index is 0.0562. The summed E-state index contributed by atoms with van der Waals surface area (Å²) in [7, 11) is -2.44. The van der Waals surface area contributed by atoms with Gasteiger partial charge < -0.3 is 25.0 Å². The van der Waals surface area contributed by atoms with Crippen LogP contribution in [-0.4, -0.2) is 59.6 Å². The van der Waals surface area contributed by atoms with Gasteiger partial charge in [-0.1, -0.05) is 0 Å². The molecule has 1 aliphatic rings. The number of hydrogen-bond acceptors (Lipinski definition) is 8. The third-order valence-electron chi connectivity index (χ3n) is 6.63. The molecular weight excluding hydrogens is 560 g/mol. The standard InChI is InChI=1S/C30H34N4O7S/c1-22(35)31-23-8-16-28(17-9-23)42(38,39)33(2)25-12-14-27(15-13-25)40-21-30(37)41-20-29(36)32-24-6-10-26(11-7-24)34-18-4-3-5-19-34/h6-17H,3-5,18-21H2,1-2H3,(H,31,35)(H,32,36). The molecule has 1 fully saturated rings. The van der Waals surface area contributed by atoms with Crippen LogP contribution >= 0.6 is 0 Å². The van der Waals surface area contributed by atoms with Crippen molar-refractivity contribution in [3.8, 4) is 5.75 Å². The van der Waals surface area contributed by atoms with E-state index in [1.165, 1.54) is 81.8 Å². The van der Waals surface area contributed by atoms with Gasteiger partial charge in [-0.25, -0.2) is 13.2 Å². The first-order chi connectivity index (χ1) is 20.1. The van der Waals surface area contributed by atoms with Crippen LogP contribution in [0.15, 0.2) is 77.7 Å². The van der Waals surface area contributed by atoms with E-state index < -0.39 is 35.1 Å². The molecule has 1 saturated heterocycles. The number of carbonyl (C=O) groups excluding carboxylic acids is 3. The summed E-state index contributed by atoms with van der Waals surface area (Å²) in [5.74, 6) is -1.13. The molecule has 1 aliphatic heterocycles. The zero-order valence-corrected chi connectivity index (χ0v) is 24.4. The molecule has 1 heterocycles. The summed E-state index contributed by atoms with van der Waals surface area (Å²) < 4.78 is 37.5. The summed E-state index contributed by atoms with van der Waals surface area (Å²) in [5, 5.41) is 5.30. The van der Waals surface area contributed by atoms with E-state index in [1.807, 2.05) is 24.3 Å². The first-order valence-electron chi connectivity index (χ1n) is 13.5. The predicted molar refractivity (Wildman–Crippen MR) is 160 cm³/mol. The first-order valence-corrected chi connectivity index (χ1v) is 15.0. The Balaban J connectivity index is 1.21. The summed E-state index contributed by atoms with van der Waals surface area (Å²) in [5.41, 5.74) is 2.59. The van der Waals surface area contributed by atoms with Gasteiger partial charge in [0.1, 0.15) is 5.75 Å². The Labute approximate surface area is 245 Å². The predicted octanol–water partition coefficient (Wildman–Crippen LogP) is 4.02. The highest BCUT2D eigenvalue weighted by Gasteiger charge is 2.21. The highest BCUT2D eigenvalue weighted by Crippen LogP contribution is 2.25. The topological polar surface area (TPSA) is 134 Å². The van der Waals surface area contributed by atoms with Gasteiger partial charge in [0, 0.05) is 44.1 Å². The molecule has 3 aromatic rings. The normalized spacial score (nSPS) is 13.1. The number of sulfonamides is 1. The second kappa shape index (κ2) is 13.9. The minimum atomic E-state index is -3.86. The smallest absolute Gasteiger partial charge is 0.344 e. The van der Waals surface area contributed by atoms with Crippen molar-refractivity contribution in [3.05, 3.63) is 72.8 Å². The van der Waals surface area contributed by atoms with Gasteiger partial charge in [0.25, 0.3) is 15.9 Å². The molecule has 0 aromatic heterocycles. The second-order valence-corrected chi connectivity index (χ2v) is 11.7. The van der Waals surface area contributed by atoms with Crippen LogP contribution in [0.5, 0.6) is 5.75 Å². The molecule has 3 aromatic carbocycles. The molecule has 42 heavy (non-hydrogen) atoms. The third-order valence-corrected chi connectivity index (χ3v) is 8.43. The molecular formula is C30H34N4O7S. The molecule has 0 bridgehead atoms. The number of nitrogens with one attached hydrogen (secondary N) is 2. The van der Waals surface area contributed by atoms with E-state index in [-0.39, 0.29) is 10.8 Å². The Bertz CT molecular complexity index is 1490. The maximum Gasteiger partial charge on any atom is 0.344 e. The van der Waals surface area contributed by atoms with E-state index in [1.54, 1.807) is 0 Å². The van der Waals surface area contributed by atoms with Gasteiger partial charge in [-0.15, -0.1) is 0 Å². The number of hydrogen-bond donors (Lipinski definition) is 2. The summed E-state index contributed by atoms with van der Waals surface area (Å²) >= 11 is 0. The number of anilines is 4. The van der Waals surface area contributed by atoms with E-state index in [4.69, 9.17) is 9.47 Å². The number of amides is 2. The van der Waals surface area contributed by atoms with Crippen LogP contribution in [0.1, 0.15) is 26.2 Å². The fourth-order valence-corrected chi connectivity index (χ4v) is 5.59. The van der Waals surface area contributed by atoms with Crippen molar-refractivity contribution in [2.24, 2.45) is 0 Å². The van der Waals surface area contributed by atoms with Crippen LogP contribution in [0.25, 0.3) is 0 Å². The lowest BCUT2D eigenvalue weighted by Gasteiger charge is -2.28. The van der Waals surface area contributed by atoms with Crippen LogP contribution in [0, 0.1) is 0 Å². The second-order valence-electron chi connectivity index (χ2n) is 9.76. The number of piperidine rings is 1. The number of esters is 1. The van der Waals surface area contributed by atoms with E-state index in [0.29, 0.717) is 22.8 Å². The van der Waals surface area contributed by atoms with Crippen LogP contribution in [-0.2, 0) is 29.1 Å². The lowest BCUT2D eigenvalue weighted by atomic mass is 10.1. The molecule has 222 valence electrons. The van der Waals surface area contributed by atoms with Gasteiger partial charge in [0.2, 0.25) is 5.91 Å². The van der Waals surface area contributed by atoms with Crippen molar-refractivity contribution in [2.75, 3.05) is 53.2 Å². The molecule has 11 nitrogen and oxygen atoms in total. The third kappa shape index (κ3) is 8.23. The van der Waals surface area contributed by atoms with E-state index in [9.17, 15) is 22.8 Å². The maximum atomic E-state index is 13.0. The van der Waals surface area contributed by atoms with Crippen LogP contribution in [0.4, 0.5) is 22.7 Å². The first kappa shape index (κ1) is 30.4. The maximum absolute atomic E-state index is 13.0. The van der Waals surface area contributed by atoms with E-state index >= 15 is 0 Å². The number of benzene rings is 3. The molecule has 0 radical (unpaired) electrons. The average Bonchev–Trinajstić information content (AvgIpc) is 2.99. The van der Waals surface area contributed by atoms with Crippen molar-refractivity contribution in [2.45, 2.75) is 31.1 Å². The van der Waals surface area contributed by atoms with Gasteiger partial charge >= 0.3 is 5.97 Å². The van der Waals surface area contributed by atoms with Crippen molar-refractivity contribution in [3.63, 3.8) is 0 Å². The van der Waals surface area contributed by atoms with Crippen LogP contribution < -0.4 is 24.6 Å². The molecule has 0 atom stereocenters. The summed E-state index contributed by atoms with van der Waals surface area (Å²) in [6.45, 7) is 2.55. The Morgan fingerprint density at radius 1 is 0.810 bits per heavy atom. The Morgan fingerprint density at radius 3 is 2.02 bits per heavy atom. The molecule has 0 saturated carbocycles. The Hall–Kier alpha value is -4.58. The number of rotatable bonds is 11. The summed E-state index contributed by atoms with van der Waals surface area (Å²) in [4.78, 5) is 37.9. The monoisotopic (exact) mass is 594 g/mol. The average molecular weight is 595 g/mol. The van der Waals surface area contributed by atoms with Crippen molar-refractivity contribution in [1.29, 1.82) is 0 Å². The molecule has 2 N–H and O–H groups in total. The van der Waals surface area contributed by atoms with Crippen molar-refractivity contribution in [1.82, 2.24) is 0 Å². The molecule has 0 unspecified atom stereocenters. The molecule has 4 rings (SSSR count). The van der Waals surface area contributed by atoms with Gasteiger partial charge in [0.05, 0.1) is 10.6 Å². The molecule has 2 amide bonds. The SMILES string of the molecule is CC(=O)Nc1ccc(S(=O)(=O)N(C)c2ccc(OCC(=O)OCC(=O)Nc3ccc(N4CCCCC4)cc3)cc2)cc1. The fourth-order valence-electron chi connectivity index (χ4n) is 4.40. The highest BCUT2D eigenvalue weighted by molar-refractivity contribution is 7.92. The summed E-state index contributed by atoms with van der Waals surface area (Å²) in [6.07, 6.45) is 3.62. The zero-order chi connectivity index (χ0) is 30.1. The quantitative estimate of drug-likeness (QED) is 0.318. The highest BCUT2D eigenvalue weighted by atomic mass is 32.2. The van der Waals surface area contributed by atoms with Gasteiger partial charge in [0.15, 0.2) is 13.2 Å². The molecule has 0 aliphatic carbocycles. The lowest BCUT2D eigenvalue weighted by molar-refractivity contribution is -0.149. The van der Waals surface area contributed by atoms with E-state index in [0.717, 1.165) is 23.1 Å². The Morgan fingerprint density at radius 2 is 1.40 bits per heavy atom.